The van der Waals surface area contributed by atoms with Gasteiger partial charge >= 0.3 is 6.18 Å². The lowest BCUT2D eigenvalue weighted by Crippen LogP contribution is -2.35. The smallest absolute Gasteiger partial charge is 0.399 e. The lowest BCUT2D eigenvalue weighted by atomic mass is 9.92. The molecule has 0 atom stereocenters. The molecule has 5 heteroatoms. The predicted molar refractivity (Wildman–Crippen MR) is 75.7 cm³/mol. The first kappa shape index (κ1) is 15.0. The third kappa shape index (κ3) is 3.38. The largest absolute Gasteiger partial charge is 0.418 e. The van der Waals surface area contributed by atoms with E-state index >= 15 is 0 Å². The van der Waals surface area contributed by atoms with Gasteiger partial charge in [0.15, 0.2) is 0 Å². The third-order valence-corrected chi connectivity index (χ3v) is 3.98. The molecule has 0 unspecified atom stereocenters. The van der Waals surface area contributed by atoms with Gasteiger partial charge in [-0.25, -0.2) is 0 Å². The number of hydrogen-bond donors (Lipinski definition) is 1. The molecular weight excluding hydrogens is 265 g/mol. The summed E-state index contributed by atoms with van der Waals surface area (Å²) in [5, 5.41) is 0. The van der Waals surface area contributed by atoms with E-state index < -0.39 is 11.7 Å². The Balaban J connectivity index is 2.18. The van der Waals surface area contributed by atoms with Crippen molar-refractivity contribution in [3.05, 3.63) is 23.8 Å². The van der Waals surface area contributed by atoms with Crippen LogP contribution >= 0.6 is 0 Å². The van der Waals surface area contributed by atoms with E-state index in [1.54, 1.807) is 6.07 Å². The van der Waals surface area contributed by atoms with Crippen LogP contribution in [0.2, 0.25) is 0 Å². The zero-order valence-corrected chi connectivity index (χ0v) is 11.7. The van der Waals surface area contributed by atoms with Crippen LogP contribution < -0.4 is 10.6 Å². The van der Waals surface area contributed by atoms with Crippen LogP contribution in [0.3, 0.4) is 0 Å². The van der Waals surface area contributed by atoms with Crippen LogP contribution in [-0.4, -0.2) is 13.1 Å². The van der Waals surface area contributed by atoms with Crippen LogP contribution in [-0.2, 0) is 6.18 Å². The van der Waals surface area contributed by atoms with Crippen LogP contribution in [0.25, 0.3) is 0 Å². The minimum Gasteiger partial charge on any atom is -0.399 e. The van der Waals surface area contributed by atoms with Gasteiger partial charge in [-0.15, -0.1) is 0 Å². The molecule has 1 saturated heterocycles. The second-order valence-electron chi connectivity index (χ2n) is 5.49. The highest BCUT2D eigenvalue weighted by atomic mass is 19.4. The number of halogens is 3. The molecule has 0 spiro atoms. The summed E-state index contributed by atoms with van der Waals surface area (Å²) in [5.41, 5.74) is 5.30. The average molecular weight is 286 g/mol. The van der Waals surface area contributed by atoms with Crippen molar-refractivity contribution in [3.8, 4) is 0 Å². The Labute approximate surface area is 117 Å². The summed E-state index contributed by atoms with van der Waals surface area (Å²) in [5.74, 6) is 0.652. The molecule has 20 heavy (non-hydrogen) atoms. The number of rotatable bonds is 3. The van der Waals surface area contributed by atoms with Gasteiger partial charge in [0.1, 0.15) is 0 Å². The van der Waals surface area contributed by atoms with Gasteiger partial charge in [0.05, 0.1) is 5.56 Å². The number of nitrogens with zero attached hydrogens (tertiary/aromatic N) is 1. The predicted octanol–water partition coefficient (Wildman–Crippen LogP) is 4.30. The Morgan fingerprint density at radius 2 is 1.90 bits per heavy atom. The van der Waals surface area contributed by atoms with E-state index in [1.807, 2.05) is 4.90 Å². The molecule has 0 aromatic heterocycles. The van der Waals surface area contributed by atoms with Crippen molar-refractivity contribution in [1.29, 1.82) is 0 Å². The molecule has 0 bridgehead atoms. The molecule has 2 nitrogen and oxygen atoms in total. The maximum absolute atomic E-state index is 13.1. The molecule has 2 rings (SSSR count). The third-order valence-electron chi connectivity index (χ3n) is 3.98. The van der Waals surface area contributed by atoms with Crippen molar-refractivity contribution >= 4 is 11.4 Å². The van der Waals surface area contributed by atoms with Crippen LogP contribution in [0, 0.1) is 5.92 Å². The van der Waals surface area contributed by atoms with Crippen molar-refractivity contribution in [2.24, 2.45) is 5.92 Å². The van der Waals surface area contributed by atoms with Crippen molar-refractivity contribution in [2.45, 2.75) is 38.8 Å². The number of benzene rings is 1. The molecule has 0 aliphatic carbocycles. The highest BCUT2D eigenvalue weighted by Crippen LogP contribution is 2.39. The molecule has 112 valence electrons. The van der Waals surface area contributed by atoms with Gasteiger partial charge in [0, 0.05) is 24.5 Å². The first-order valence-corrected chi connectivity index (χ1v) is 7.13. The van der Waals surface area contributed by atoms with Crippen LogP contribution in [0.15, 0.2) is 18.2 Å². The topological polar surface area (TPSA) is 29.3 Å². The second kappa shape index (κ2) is 5.94. The zero-order chi connectivity index (χ0) is 14.8. The fourth-order valence-corrected chi connectivity index (χ4v) is 2.93. The Morgan fingerprint density at radius 1 is 1.25 bits per heavy atom. The van der Waals surface area contributed by atoms with Gasteiger partial charge in [-0.3, -0.25) is 0 Å². The molecule has 0 radical (unpaired) electrons. The van der Waals surface area contributed by atoms with Gasteiger partial charge in [-0.05, 0) is 37.0 Å². The normalized spacial score (nSPS) is 17.5. The summed E-state index contributed by atoms with van der Waals surface area (Å²) in [7, 11) is 0. The lowest BCUT2D eigenvalue weighted by molar-refractivity contribution is -0.137. The Bertz CT molecular complexity index is 449. The second-order valence-corrected chi connectivity index (χ2v) is 5.49. The molecule has 1 aliphatic rings. The van der Waals surface area contributed by atoms with E-state index in [1.165, 1.54) is 12.5 Å². The van der Waals surface area contributed by atoms with Crippen molar-refractivity contribution in [3.63, 3.8) is 0 Å². The molecule has 2 N–H and O–H groups in total. The van der Waals surface area contributed by atoms with E-state index in [0.717, 1.165) is 25.3 Å². The van der Waals surface area contributed by atoms with E-state index in [4.69, 9.17) is 5.73 Å². The number of hydrogen-bond acceptors (Lipinski definition) is 2. The maximum atomic E-state index is 13.1. The molecule has 0 amide bonds. The Kier molecular flexibility index (Phi) is 4.45. The summed E-state index contributed by atoms with van der Waals surface area (Å²) >= 11 is 0. The highest BCUT2D eigenvalue weighted by Gasteiger charge is 2.35. The fourth-order valence-electron chi connectivity index (χ4n) is 2.93. The Hall–Kier alpha value is -1.39. The highest BCUT2D eigenvalue weighted by molar-refractivity contribution is 5.61. The van der Waals surface area contributed by atoms with E-state index in [9.17, 15) is 13.2 Å². The molecule has 1 aliphatic heterocycles. The maximum Gasteiger partial charge on any atom is 0.418 e. The SMILES string of the molecule is CCCC1CCN(c2ccc(N)cc2C(F)(F)F)CC1. The van der Waals surface area contributed by atoms with Gasteiger partial charge in [-0.1, -0.05) is 19.8 Å². The molecule has 1 fully saturated rings. The molecule has 1 aromatic carbocycles. The molecule has 1 aromatic rings. The lowest BCUT2D eigenvalue weighted by Gasteiger charge is -2.35. The zero-order valence-electron chi connectivity index (χ0n) is 11.7. The number of anilines is 2. The Morgan fingerprint density at radius 3 is 2.45 bits per heavy atom. The van der Waals surface area contributed by atoms with Crippen molar-refractivity contribution in [2.75, 3.05) is 23.7 Å². The van der Waals surface area contributed by atoms with Crippen LogP contribution in [0.1, 0.15) is 38.2 Å². The standard InChI is InChI=1S/C15H21F3N2/c1-2-3-11-6-8-20(9-7-11)14-5-4-12(19)10-13(14)15(16,17)18/h4-5,10-11H,2-3,6-9,19H2,1H3. The van der Waals surface area contributed by atoms with Gasteiger partial charge in [0.25, 0.3) is 0 Å². The van der Waals surface area contributed by atoms with Crippen LogP contribution in [0.5, 0.6) is 0 Å². The van der Waals surface area contributed by atoms with E-state index in [-0.39, 0.29) is 11.4 Å². The average Bonchev–Trinajstić information content (AvgIpc) is 2.39. The summed E-state index contributed by atoms with van der Waals surface area (Å²) in [6.45, 7) is 3.53. The number of piperidine rings is 1. The number of nitrogen functional groups attached to an aromatic ring is 1. The monoisotopic (exact) mass is 286 g/mol. The number of alkyl halides is 3. The summed E-state index contributed by atoms with van der Waals surface area (Å²) < 4.78 is 39.3. The van der Waals surface area contributed by atoms with Crippen molar-refractivity contribution in [1.82, 2.24) is 0 Å². The minimum atomic E-state index is -4.36. The summed E-state index contributed by atoms with van der Waals surface area (Å²) in [6.07, 6.45) is -0.113. The van der Waals surface area contributed by atoms with Gasteiger partial charge in [0.2, 0.25) is 0 Å². The van der Waals surface area contributed by atoms with Crippen LogP contribution in [0.4, 0.5) is 24.5 Å². The molecule has 1 heterocycles. The van der Waals surface area contributed by atoms with E-state index in [0.29, 0.717) is 19.0 Å². The summed E-state index contributed by atoms with van der Waals surface area (Å²) in [6, 6.07) is 4.08. The first-order valence-electron chi connectivity index (χ1n) is 7.13. The van der Waals surface area contributed by atoms with E-state index in [2.05, 4.69) is 6.92 Å². The summed E-state index contributed by atoms with van der Waals surface area (Å²) in [4.78, 5) is 1.84. The van der Waals surface area contributed by atoms with Gasteiger partial charge < -0.3 is 10.6 Å². The minimum absolute atomic E-state index is 0.155. The number of nitrogens with two attached hydrogens (primary N) is 1. The first-order chi connectivity index (χ1) is 9.41. The quantitative estimate of drug-likeness (QED) is 0.839. The fraction of sp³-hybridized carbons (Fsp3) is 0.600. The molecule has 0 saturated carbocycles. The van der Waals surface area contributed by atoms with Crippen molar-refractivity contribution < 1.29 is 13.2 Å². The molecular formula is C15H21F3N2. The van der Waals surface area contributed by atoms with Gasteiger partial charge in [-0.2, -0.15) is 13.2 Å².